The molecule has 2 aromatic rings. The van der Waals surface area contributed by atoms with Gasteiger partial charge in [-0.05, 0) is 51.8 Å². The standard InChI is InChI=1S/C16H23N3O3S/c1-9-7-11(10(2)18-23(22)16(3,4)5)13-12(8-9)14(20)19(6)15(21)17-13/h7-8,10,18H,1-6H3,(H,17,21)/t10-,23-/m1/s1. The number of nitrogens with one attached hydrogen (secondary N) is 2. The summed E-state index contributed by atoms with van der Waals surface area (Å²) in [5, 5.41) is 0.456. The lowest BCUT2D eigenvalue weighted by molar-refractivity contribution is 0.616. The van der Waals surface area contributed by atoms with Crippen LogP contribution in [0.1, 0.15) is 44.9 Å². The Morgan fingerprint density at radius 3 is 2.43 bits per heavy atom. The molecule has 0 fully saturated rings. The van der Waals surface area contributed by atoms with Gasteiger partial charge in [0.05, 0.1) is 26.6 Å². The van der Waals surface area contributed by atoms with Crippen molar-refractivity contribution in [1.82, 2.24) is 14.3 Å². The van der Waals surface area contributed by atoms with Gasteiger partial charge in [-0.3, -0.25) is 9.36 Å². The average Bonchev–Trinajstić information content (AvgIpc) is 2.44. The Morgan fingerprint density at radius 1 is 1.26 bits per heavy atom. The lowest BCUT2D eigenvalue weighted by Gasteiger charge is -2.23. The summed E-state index contributed by atoms with van der Waals surface area (Å²) in [6.45, 7) is 9.41. The summed E-state index contributed by atoms with van der Waals surface area (Å²) >= 11 is 0. The molecular weight excluding hydrogens is 314 g/mol. The first-order valence-corrected chi connectivity index (χ1v) is 8.59. The number of rotatable bonds is 3. The van der Waals surface area contributed by atoms with E-state index in [1.165, 1.54) is 7.05 Å². The van der Waals surface area contributed by atoms with Gasteiger partial charge in [-0.15, -0.1) is 0 Å². The maximum Gasteiger partial charge on any atom is 0.328 e. The molecule has 0 saturated carbocycles. The number of aromatic amines is 1. The molecule has 1 heterocycles. The van der Waals surface area contributed by atoms with Gasteiger partial charge in [0, 0.05) is 13.1 Å². The molecule has 2 N–H and O–H groups in total. The number of aromatic nitrogens is 2. The second kappa shape index (κ2) is 6.05. The molecule has 0 radical (unpaired) electrons. The quantitative estimate of drug-likeness (QED) is 0.893. The zero-order chi connectivity index (χ0) is 17.5. The zero-order valence-electron chi connectivity index (χ0n) is 14.3. The van der Waals surface area contributed by atoms with Crippen molar-refractivity contribution in [3.05, 3.63) is 44.1 Å². The maximum absolute atomic E-state index is 12.3. The fraction of sp³-hybridized carbons (Fsp3) is 0.500. The molecule has 1 aromatic carbocycles. The monoisotopic (exact) mass is 337 g/mol. The molecule has 0 unspecified atom stereocenters. The predicted molar refractivity (Wildman–Crippen MR) is 94.0 cm³/mol. The van der Waals surface area contributed by atoms with Crippen LogP contribution < -0.4 is 16.0 Å². The summed E-state index contributed by atoms with van der Waals surface area (Å²) in [5.41, 5.74) is 1.36. The predicted octanol–water partition coefficient (Wildman–Crippen LogP) is 1.65. The van der Waals surface area contributed by atoms with Crippen LogP contribution in [-0.4, -0.2) is 18.5 Å². The number of hydrogen-bond donors (Lipinski definition) is 2. The van der Waals surface area contributed by atoms with Gasteiger partial charge < -0.3 is 4.98 Å². The molecule has 0 aliphatic rings. The third-order valence-corrected chi connectivity index (χ3v) is 5.37. The summed E-state index contributed by atoms with van der Waals surface area (Å²) in [6, 6.07) is 3.37. The van der Waals surface area contributed by atoms with Gasteiger partial charge in [-0.1, -0.05) is 6.07 Å². The van der Waals surface area contributed by atoms with Crippen molar-refractivity contribution in [2.75, 3.05) is 0 Å². The fourth-order valence-corrected chi connectivity index (χ4v) is 3.13. The molecule has 2 rings (SSSR count). The van der Waals surface area contributed by atoms with E-state index in [9.17, 15) is 13.8 Å². The number of aryl methyl sites for hydroxylation is 1. The Bertz CT molecular complexity index is 890. The lowest BCUT2D eigenvalue weighted by Crippen LogP contribution is -2.36. The van der Waals surface area contributed by atoms with Gasteiger partial charge in [-0.25, -0.2) is 13.7 Å². The van der Waals surface area contributed by atoms with E-state index >= 15 is 0 Å². The van der Waals surface area contributed by atoms with Crippen LogP contribution in [0.4, 0.5) is 0 Å². The van der Waals surface area contributed by atoms with Crippen LogP contribution in [0.25, 0.3) is 10.9 Å². The average molecular weight is 337 g/mol. The molecule has 23 heavy (non-hydrogen) atoms. The van der Waals surface area contributed by atoms with Crippen molar-refractivity contribution >= 4 is 21.9 Å². The van der Waals surface area contributed by atoms with Crippen LogP contribution >= 0.6 is 0 Å². The Morgan fingerprint density at radius 2 is 1.87 bits per heavy atom. The molecule has 0 aliphatic heterocycles. The Labute approximate surface area is 137 Å². The molecule has 0 aliphatic carbocycles. The van der Waals surface area contributed by atoms with E-state index in [0.29, 0.717) is 10.9 Å². The minimum Gasteiger partial charge on any atom is -0.306 e. The van der Waals surface area contributed by atoms with Crippen LogP contribution in [0, 0.1) is 6.92 Å². The molecule has 0 spiro atoms. The van der Waals surface area contributed by atoms with E-state index in [4.69, 9.17) is 0 Å². The molecule has 126 valence electrons. The number of hydrogen-bond acceptors (Lipinski definition) is 3. The van der Waals surface area contributed by atoms with Crippen molar-refractivity contribution in [2.24, 2.45) is 7.05 Å². The Balaban J connectivity index is 2.63. The van der Waals surface area contributed by atoms with Gasteiger partial charge in [0.25, 0.3) is 5.56 Å². The van der Waals surface area contributed by atoms with E-state index in [1.54, 1.807) is 6.07 Å². The van der Waals surface area contributed by atoms with Gasteiger partial charge in [0.1, 0.15) is 0 Å². The minimum atomic E-state index is -1.26. The highest BCUT2D eigenvalue weighted by atomic mass is 32.2. The highest BCUT2D eigenvalue weighted by Gasteiger charge is 2.23. The normalized spacial score (nSPS) is 14.9. The van der Waals surface area contributed by atoms with Gasteiger partial charge in [0.15, 0.2) is 0 Å². The molecular formula is C16H23N3O3S. The number of fused-ring (bicyclic) bond motifs is 1. The van der Waals surface area contributed by atoms with Crippen LogP contribution in [0.15, 0.2) is 21.7 Å². The van der Waals surface area contributed by atoms with Gasteiger partial charge >= 0.3 is 5.69 Å². The Hall–Kier alpha value is -1.73. The molecule has 1 aromatic heterocycles. The van der Waals surface area contributed by atoms with E-state index in [1.807, 2.05) is 40.7 Å². The molecule has 2 atom stereocenters. The second-order valence-electron chi connectivity index (χ2n) is 6.79. The SMILES string of the molecule is Cc1cc([C@@H](C)N[S@](=O)C(C)(C)C)c2[nH]c(=O)n(C)c(=O)c2c1. The third-order valence-electron chi connectivity index (χ3n) is 3.69. The van der Waals surface area contributed by atoms with E-state index in [0.717, 1.165) is 15.7 Å². The maximum atomic E-state index is 12.3. The fourth-order valence-electron chi connectivity index (χ4n) is 2.33. The molecule has 6 nitrogen and oxygen atoms in total. The van der Waals surface area contributed by atoms with E-state index in [2.05, 4.69) is 9.71 Å². The van der Waals surface area contributed by atoms with Crippen LogP contribution in [0.3, 0.4) is 0 Å². The van der Waals surface area contributed by atoms with Crippen molar-refractivity contribution in [3.8, 4) is 0 Å². The summed E-state index contributed by atoms with van der Waals surface area (Å²) in [4.78, 5) is 27.0. The second-order valence-corrected chi connectivity index (χ2v) is 8.79. The van der Waals surface area contributed by atoms with Crippen LogP contribution in [0.5, 0.6) is 0 Å². The topological polar surface area (TPSA) is 84.0 Å². The van der Waals surface area contributed by atoms with Crippen molar-refractivity contribution in [2.45, 2.75) is 45.4 Å². The summed E-state index contributed by atoms with van der Waals surface area (Å²) < 4.78 is 16.0. The number of nitrogens with zero attached hydrogens (tertiary/aromatic N) is 1. The highest BCUT2D eigenvalue weighted by molar-refractivity contribution is 7.84. The van der Waals surface area contributed by atoms with Gasteiger partial charge in [0.2, 0.25) is 0 Å². The Kier molecular flexibility index (Phi) is 4.64. The smallest absolute Gasteiger partial charge is 0.306 e. The first-order chi connectivity index (χ1) is 10.5. The number of H-pyrrole nitrogens is 1. The lowest BCUT2D eigenvalue weighted by atomic mass is 10.0. The molecule has 7 heteroatoms. The third kappa shape index (κ3) is 3.45. The van der Waals surface area contributed by atoms with E-state index < -0.39 is 21.4 Å². The summed E-state index contributed by atoms with van der Waals surface area (Å²) in [6.07, 6.45) is 0. The van der Waals surface area contributed by atoms with Crippen LogP contribution in [-0.2, 0) is 18.0 Å². The van der Waals surface area contributed by atoms with Crippen molar-refractivity contribution in [1.29, 1.82) is 0 Å². The zero-order valence-corrected chi connectivity index (χ0v) is 15.1. The van der Waals surface area contributed by atoms with Crippen molar-refractivity contribution < 1.29 is 4.21 Å². The largest absolute Gasteiger partial charge is 0.328 e. The summed E-state index contributed by atoms with van der Waals surface area (Å²) in [7, 11) is 0.186. The highest BCUT2D eigenvalue weighted by Crippen LogP contribution is 2.23. The molecule has 0 saturated heterocycles. The summed E-state index contributed by atoms with van der Waals surface area (Å²) in [5.74, 6) is 0. The minimum absolute atomic E-state index is 0.278. The first kappa shape index (κ1) is 17.6. The molecule has 0 amide bonds. The van der Waals surface area contributed by atoms with Gasteiger partial charge in [-0.2, -0.15) is 0 Å². The van der Waals surface area contributed by atoms with Crippen LogP contribution in [0.2, 0.25) is 0 Å². The van der Waals surface area contributed by atoms with E-state index in [-0.39, 0.29) is 11.6 Å². The first-order valence-electron chi connectivity index (χ1n) is 7.44. The van der Waals surface area contributed by atoms with Crippen molar-refractivity contribution in [3.63, 3.8) is 0 Å². The number of benzene rings is 1. The molecule has 0 bridgehead atoms.